The second kappa shape index (κ2) is 4.47. The van der Waals surface area contributed by atoms with Crippen molar-refractivity contribution in [1.82, 2.24) is 0 Å². The van der Waals surface area contributed by atoms with E-state index in [1.807, 2.05) is 36.0 Å². The SMILES string of the molecule is O=C1C=C[C@@H](SCc2ccccc2)C1. The summed E-state index contributed by atoms with van der Waals surface area (Å²) in [5.41, 5.74) is 1.32. The van der Waals surface area contributed by atoms with Gasteiger partial charge < -0.3 is 0 Å². The Bertz CT molecular complexity index is 343. The Labute approximate surface area is 88.2 Å². The first-order valence-corrected chi connectivity index (χ1v) is 5.76. The van der Waals surface area contributed by atoms with E-state index in [9.17, 15) is 4.79 Å². The molecule has 0 aliphatic heterocycles. The van der Waals surface area contributed by atoms with Gasteiger partial charge in [-0.05, 0) is 11.6 Å². The number of hydrogen-bond acceptors (Lipinski definition) is 2. The number of benzene rings is 1. The number of allylic oxidation sites excluding steroid dienone is 1. The Morgan fingerprint density at radius 3 is 2.71 bits per heavy atom. The molecule has 0 N–H and O–H groups in total. The molecule has 0 unspecified atom stereocenters. The Morgan fingerprint density at radius 1 is 1.29 bits per heavy atom. The summed E-state index contributed by atoms with van der Waals surface area (Å²) in [6, 6.07) is 10.4. The normalized spacial score (nSPS) is 20.3. The van der Waals surface area contributed by atoms with Gasteiger partial charge in [-0.3, -0.25) is 4.79 Å². The average Bonchev–Trinajstić information content (AvgIpc) is 2.63. The molecule has 0 aromatic heterocycles. The summed E-state index contributed by atoms with van der Waals surface area (Å²) in [4.78, 5) is 11.0. The van der Waals surface area contributed by atoms with Gasteiger partial charge in [0.05, 0.1) is 0 Å². The maximum Gasteiger partial charge on any atom is 0.156 e. The predicted octanol–water partition coefficient (Wildman–Crippen LogP) is 2.82. The molecule has 72 valence electrons. The van der Waals surface area contributed by atoms with Gasteiger partial charge in [0.2, 0.25) is 0 Å². The summed E-state index contributed by atoms with van der Waals surface area (Å²) >= 11 is 1.83. The predicted molar refractivity (Wildman–Crippen MR) is 60.3 cm³/mol. The highest BCUT2D eigenvalue weighted by Gasteiger charge is 2.15. The maximum atomic E-state index is 11.0. The zero-order chi connectivity index (χ0) is 9.80. The van der Waals surface area contributed by atoms with Crippen LogP contribution in [0.25, 0.3) is 0 Å². The smallest absolute Gasteiger partial charge is 0.156 e. The molecule has 0 amide bonds. The summed E-state index contributed by atoms with van der Waals surface area (Å²) in [5, 5.41) is 0.391. The third-order valence-electron chi connectivity index (χ3n) is 2.21. The molecule has 0 bridgehead atoms. The van der Waals surface area contributed by atoms with E-state index >= 15 is 0 Å². The molecule has 1 aromatic rings. The van der Waals surface area contributed by atoms with Crippen LogP contribution in [0.5, 0.6) is 0 Å². The number of carbonyl (C=O) groups excluding carboxylic acids is 1. The van der Waals surface area contributed by atoms with Crippen LogP contribution in [0.4, 0.5) is 0 Å². The van der Waals surface area contributed by atoms with E-state index in [1.165, 1.54) is 5.56 Å². The topological polar surface area (TPSA) is 17.1 Å². The summed E-state index contributed by atoms with van der Waals surface area (Å²) in [5.74, 6) is 1.25. The van der Waals surface area contributed by atoms with Gasteiger partial charge in [-0.25, -0.2) is 0 Å². The quantitative estimate of drug-likeness (QED) is 0.753. The Morgan fingerprint density at radius 2 is 2.07 bits per heavy atom. The molecule has 1 aliphatic rings. The van der Waals surface area contributed by atoms with Gasteiger partial charge in [0.1, 0.15) is 0 Å². The molecule has 0 fully saturated rings. The number of carbonyl (C=O) groups is 1. The lowest BCUT2D eigenvalue weighted by atomic mass is 10.2. The summed E-state index contributed by atoms with van der Waals surface area (Å²) in [6.45, 7) is 0. The molecular weight excluding hydrogens is 192 g/mol. The van der Waals surface area contributed by atoms with Crippen molar-refractivity contribution in [2.24, 2.45) is 0 Å². The standard InChI is InChI=1S/C12H12OS/c13-11-6-7-12(8-11)14-9-10-4-2-1-3-5-10/h1-7,12H,8-9H2/t12-/m1/s1. The average molecular weight is 204 g/mol. The van der Waals surface area contributed by atoms with Gasteiger partial charge in [-0.2, -0.15) is 0 Å². The number of ketones is 1. The minimum absolute atomic E-state index is 0.260. The van der Waals surface area contributed by atoms with Gasteiger partial charge in [0.25, 0.3) is 0 Å². The van der Waals surface area contributed by atoms with Crippen LogP contribution < -0.4 is 0 Å². The highest BCUT2D eigenvalue weighted by atomic mass is 32.2. The fraction of sp³-hybridized carbons (Fsp3) is 0.250. The first-order chi connectivity index (χ1) is 6.84. The van der Waals surface area contributed by atoms with Crippen LogP contribution in [0.1, 0.15) is 12.0 Å². The highest BCUT2D eigenvalue weighted by Crippen LogP contribution is 2.24. The zero-order valence-corrected chi connectivity index (χ0v) is 8.67. The molecule has 2 rings (SSSR count). The van der Waals surface area contributed by atoms with E-state index in [0.29, 0.717) is 11.7 Å². The lowest BCUT2D eigenvalue weighted by molar-refractivity contribution is -0.113. The minimum Gasteiger partial charge on any atom is -0.295 e. The van der Waals surface area contributed by atoms with E-state index in [1.54, 1.807) is 6.08 Å². The van der Waals surface area contributed by atoms with E-state index < -0.39 is 0 Å². The van der Waals surface area contributed by atoms with Gasteiger partial charge in [-0.15, -0.1) is 11.8 Å². The molecule has 0 saturated carbocycles. The molecule has 2 heteroatoms. The van der Waals surface area contributed by atoms with Crippen LogP contribution >= 0.6 is 11.8 Å². The van der Waals surface area contributed by atoms with Crippen molar-refractivity contribution >= 4 is 17.5 Å². The van der Waals surface area contributed by atoms with Crippen molar-refractivity contribution in [3.05, 3.63) is 48.0 Å². The molecular formula is C12H12OS. The fourth-order valence-electron chi connectivity index (χ4n) is 1.44. The number of rotatable bonds is 3. The molecule has 1 nitrogen and oxygen atoms in total. The van der Waals surface area contributed by atoms with Crippen molar-refractivity contribution in [2.45, 2.75) is 17.4 Å². The van der Waals surface area contributed by atoms with Crippen molar-refractivity contribution in [3.8, 4) is 0 Å². The van der Waals surface area contributed by atoms with Crippen molar-refractivity contribution in [2.75, 3.05) is 0 Å². The molecule has 1 atom stereocenters. The molecule has 0 radical (unpaired) electrons. The maximum absolute atomic E-state index is 11.0. The molecule has 14 heavy (non-hydrogen) atoms. The van der Waals surface area contributed by atoms with Gasteiger partial charge in [-0.1, -0.05) is 36.4 Å². The van der Waals surface area contributed by atoms with Crippen molar-refractivity contribution < 1.29 is 4.79 Å². The van der Waals surface area contributed by atoms with Crippen LogP contribution in [0.2, 0.25) is 0 Å². The van der Waals surface area contributed by atoms with Crippen LogP contribution in [0.15, 0.2) is 42.5 Å². The zero-order valence-electron chi connectivity index (χ0n) is 7.85. The van der Waals surface area contributed by atoms with Crippen LogP contribution in [-0.2, 0) is 10.5 Å². The van der Waals surface area contributed by atoms with E-state index in [-0.39, 0.29) is 5.78 Å². The lowest BCUT2D eigenvalue weighted by Crippen LogP contribution is -1.98. The fourth-order valence-corrected chi connectivity index (χ4v) is 2.51. The van der Waals surface area contributed by atoms with E-state index in [2.05, 4.69) is 12.1 Å². The van der Waals surface area contributed by atoms with Crippen LogP contribution in [0, 0.1) is 0 Å². The van der Waals surface area contributed by atoms with Crippen LogP contribution in [-0.4, -0.2) is 11.0 Å². The molecule has 1 aromatic carbocycles. The van der Waals surface area contributed by atoms with Gasteiger partial charge in [0, 0.05) is 17.4 Å². The number of hydrogen-bond donors (Lipinski definition) is 0. The van der Waals surface area contributed by atoms with E-state index in [0.717, 1.165) is 5.75 Å². The third-order valence-corrected chi connectivity index (χ3v) is 3.46. The van der Waals surface area contributed by atoms with Crippen LogP contribution in [0.3, 0.4) is 0 Å². The molecule has 0 heterocycles. The molecule has 0 saturated heterocycles. The Kier molecular flexibility index (Phi) is 3.04. The molecule has 0 spiro atoms. The Balaban J connectivity index is 1.84. The van der Waals surface area contributed by atoms with E-state index in [4.69, 9.17) is 0 Å². The van der Waals surface area contributed by atoms with Crippen molar-refractivity contribution in [1.29, 1.82) is 0 Å². The van der Waals surface area contributed by atoms with Gasteiger partial charge >= 0.3 is 0 Å². The number of thioether (sulfide) groups is 1. The lowest BCUT2D eigenvalue weighted by Gasteiger charge is -2.05. The van der Waals surface area contributed by atoms with Gasteiger partial charge in [0.15, 0.2) is 5.78 Å². The summed E-state index contributed by atoms with van der Waals surface area (Å²) in [6.07, 6.45) is 4.39. The monoisotopic (exact) mass is 204 g/mol. The largest absolute Gasteiger partial charge is 0.295 e. The third kappa shape index (κ3) is 2.48. The Hall–Kier alpha value is -1.02. The second-order valence-corrected chi connectivity index (χ2v) is 4.59. The first kappa shape index (κ1) is 9.53. The highest BCUT2D eigenvalue weighted by molar-refractivity contribution is 7.99. The summed E-state index contributed by atoms with van der Waals surface area (Å²) < 4.78 is 0. The van der Waals surface area contributed by atoms with Crippen molar-refractivity contribution in [3.63, 3.8) is 0 Å². The summed E-state index contributed by atoms with van der Waals surface area (Å²) in [7, 11) is 0. The first-order valence-electron chi connectivity index (χ1n) is 4.71. The minimum atomic E-state index is 0.260. The molecule has 1 aliphatic carbocycles. The second-order valence-electron chi connectivity index (χ2n) is 3.36.